The molecular formula is C13H15FN2O4S. The Labute approximate surface area is 121 Å². The van der Waals surface area contributed by atoms with E-state index in [9.17, 15) is 12.8 Å². The van der Waals surface area contributed by atoms with Gasteiger partial charge in [0, 0.05) is 5.56 Å². The van der Waals surface area contributed by atoms with E-state index in [4.69, 9.17) is 9.52 Å². The Balaban J connectivity index is 2.25. The molecule has 0 saturated heterocycles. The fourth-order valence-electron chi connectivity index (χ4n) is 1.80. The van der Waals surface area contributed by atoms with Crippen LogP contribution in [0.1, 0.15) is 22.8 Å². The molecule has 0 unspecified atom stereocenters. The maximum atomic E-state index is 13.6. The van der Waals surface area contributed by atoms with Crippen molar-refractivity contribution >= 4 is 10.0 Å². The molecule has 1 aromatic heterocycles. The molecule has 2 N–H and O–H groups in total. The maximum absolute atomic E-state index is 13.6. The van der Waals surface area contributed by atoms with Gasteiger partial charge in [0.15, 0.2) is 0 Å². The number of aryl methyl sites for hydroxylation is 2. The Morgan fingerprint density at radius 3 is 2.67 bits per heavy atom. The number of oxazole rings is 1. The summed E-state index contributed by atoms with van der Waals surface area (Å²) in [6.45, 7) is 2.45. The van der Waals surface area contributed by atoms with E-state index in [1.165, 1.54) is 19.2 Å². The first-order chi connectivity index (χ1) is 9.83. The van der Waals surface area contributed by atoms with Gasteiger partial charge in [0.2, 0.25) is 15.9 Å². The summed E-state index contributed by atoms with van der Waals surface area (Å²) < 4.78 is 45.4. The van der Waals surface area contributed by atoms with Gasteiger partial charge in [-0.25, -0.2) is 22.5 Å². The molecule has 0 spiro atoms. The number of hydrogen-bond donors (Lipinski definition) is 2. The average molecular weight is 314 g/mol. The van der Waals surface area contributed by atoms with Gasteiger partial charge in [-0.2, -0.15) is 0 Å². The number of hydrogen-bond acceptors (Lipinski definition) is 5. The number of halogens is 1. The lowest BCUT2D eigenvalue weighted by Crippen LogP contribution is -2.24. The van der Waals surface area contributed by atoms with Crippen molar-refractivity contribution in [3.63, 3.8) is 0 Å². The quantitative estimate of drug-likeness (QED) is 0.870. The topological polar surface area (TPSA) is 92.4 Å². The molecule has 114 valence electrons. The second kappa shape index (κ2) is 5.92. The third-order valence-corrected chi connectivity index (χ3v) is 4.25. The standard InChI is InChI=1S/C13H15FN2O4S/c1-8-3-11(4-10(7-17)13(8)14)21(18,19)16-6-12-15-5-9(2)20-12/h3-5,16-17H,6-7H2,1-2H3. The van der Waals surface area contributed by atoms with Crippen molar-refractivity contribution in [1.82, 2.24) is 9.71 Å². The third-order valence-electron chi connectivity index (χ3n) is 2.87. The molecule has 0 fully saturated rings. The van der Waals surface area contributed by atoms with Gasteiger partial charge in [0.25, 0.3) is 0 Å². The van der Waals surface area contributed by atoms with Crippen LogP contribution in [-0.4, -0.2) is 18.5 Å². The SMILES string of the molecule is Cc1cnc(CNS(=O)(=O)c2cc(C)c(F)c(CO)c2)o1. The molecule has 8 heteroatoms. The summed E-state index contributed by atoms with van der Waals surface area (Å²) >= 11 is 0. The lowest BCUT2D eigenvalue weighted by Gasteiger charge is -2.09. The van der Waals surface area contributed by atoms with E-state index < -0.39 is 22.4 Å². The second-order valence-electron chi connectivity index (χ2n) is 4.56. The van der Waals surface area contributed by atoms with Gasteiger partial charge in [-0.15, -0.1) is 0 Å². The highest BCUT2D eigenvalue weighted by atomic mass is 32.2. The number of aliphatic hydroxyl groups is 1. The third kappa shape index (κ3) is 3.46. The number of aromatic nitrogens is 1. The lowest BCUT2D eigenvalue weighted by molar-refractivity contribution is 0.275. The summed E-state index contributed by atoms with van der Waals surface area (Å²) in [6.07, 6.45) is 1.48. The molecule has 0 amide bonds. The minimum Gasteiger partial charge on any atom is -0.445 e. The van der Waals surface area contributed by atoms with E-state index in [1.807, 2.05) is 0 Å². The van der Waals surface area contributed by atoms with Crippen LogP contribution in [0.15, 0.2) is 27.6 Å². The number of nitrogens with one attached hydrogen (secondary N) is 1. The smallest absolute Gasteiger partial charge is 0.241 e. The molecule has 0 saturated carbocycles. The number of aliphatic hydroxyl groups excluding tert-OH is 1. The van der Waals surface area contributed by atoms with E-state index in [1.54, 1.807) is 6.92 Å². The van der Waals surface area contributed by atoms with Gasteiger partial charge in [0.1, 0.15) is 11.6 Å². The predicted octanol–water partition coefficient (Wildman–Crippen LogP) is 1.40. The zero-order chi connectivity index (χ0) is 15.6. The van der Waals surface area contributed by atoms with Crippen molar-refractivity contribution < 1.29 is 22.3 Å². The summed E-state index contributed by atoms with van der Waals surface area (Å²) in [5.74, 6) is 0.196. The van der Waals surface area contributed by atoms with Crippen molar-refractivity contribution in [1.29, 1.82) is 0 Å². The van der Waals surface area contributed by atoms with Crippen LogP contribution in [-0.2, 0) is 23.2 Å². The average Bonchev–Trinajstić information content (AvgIpc) is 2.85. The highest BCUT2D eigenvalue weighted by Crippen LogP contribution is 2.19. The summed E-state index contributed by atoms with van der Waals surface area (Å²) in [5, 5.41) is 9.06. The van der Waals surface area contributed by atoms with E-state index in [0.717, 1.165) is 6.07 Å². The molecule has 21 heavy (non-hydrogen) atoms. The second-order valence-corrected chi connectivity index (χ2v) is 6.33. The fraction of sp³-hybridized carbons (Fsp3) is 0.308. The highest BCUT2D eigenvalue weighted by Gasteiger charge is 2.18. The number of nitrogens with zero attached hydrogens (tertiary/aromatic N) is 1. The summed E-state index contributed by atoms with van der Waals surface area (Å²) in [7, 11) is -3.85. The van der Waals surface area contributed by atoms with E-state index in [0.29, 0.717) is 5.76 Å². The summed E-state index contributed by atoms with van der Waals surface area (Å²) in [4.78, 5) is 3.77. The van der Waals surface area contributed by atoms with E-state index in [-0.39, 0.29) is 28.5 Å². The molecule has 0 atom stereocenters. The zero-order valence-electron chi connectivity index (χ0n) is 11.6. The van der Waals surface area contributed by atoms with Gasteiger partial charge in [-0.1, -0.05) is 0 Å². The summed E-state index contributed by atoms with van der Waals surface area (Å²) in [5.41, 5.74) is 0.0798. The maximum Gasteiger partial charge on any atom is 0.241 e. The van der Waals surface area contributed by atoms with Crippen LogP contribution in [0.2, 0.25) is 0 Å². The first-order valence-electron chi connectivity index (χ1n) is 6.14. The largest absolute Gasteiger partial charge is 0.445 e. The Morgan fingerprint density at radius 2 is 2.10 bits per heavy atom. The molecule has 2 aromatic rings. The molecule has 0 aliphatic carbocycles. The Hall–Kier alpha value is -1.77. The van der Waals surface area contributed by atoms with Gasteiger partial charge < -0.3 is 9.52 Å². The lowest BCUT2D eigenvalue weighted by atomic mass is 10.1. The predicted molar refractivity (Wildman–Crippen MR) is 72.3 cm³/mol. The van der Waals surface area contributed by atoms with Crippen molar-refractivity contribution in [2.24, 2.45) is 0 Å². The minimum absolute atomic E-state index is 0.0673. The highest BCUT2D eigenvalue weighted by molar-refractivity contribution is 7.89. The number of rotatable bonds is 5. The number of sulfonamides is 1. The molecule has 6 nitrogen and oxygen atoms in total. The van der Waals surface area contributed by atoms with Gasteiger partial charge in [-0.05, 0) is 31.5 Å². The van der Waals surface area contributed by atoms with Crippen molar-refractivity contribution in [2.75, 3.05) is 0 Å². The molecule has 2 rings (SSSR count). The molecule has 0 aliphatic heterocycles. The van der Waals surface area contributed by atoms with Gasteiger partial charge in [0.05, 0.1) is 24.2 Å². The molecule has 1 heterocycles. The Bertz CT molecular complexity index is 756. The van der Waals surface area contributed by atoms with E-state index in [2.05, 4.69) is 9.71 Å². The van der Waals surface area contributed by atoms with Crippen LogP contribution < -0.4 is 4.72 Å². The molecule has 1 aromatic carbocycles. The summed E-state index contributed by atoms with van der Waals surface area (Å²) in [6, 6.07) is 2.31. The first-order valence-corrected chi connectivity index (χ1v) is 7.62. The van der Waals surface area contributed by atoms with Crippen molar-refractivity contribution in [3.8, 4) is 0 Å². The van der Waals surface area contributed by atoms with Crippen LogP contribution in [0.5, 0.6) is 0 Å². The molecular weight excluding hydrogens is 299 g/mol. The van der Waals surface area contributed by atoms with Crippen molar-refractivity contribution in [3.05, 3.63) is 46.9 Å². The van der Waals surface area contributed by atoms with Gasteiger partial charge in [-0.3, -0.25) is 0 Å². The van der Waals surface area contributed by atoms with Crippen LogP contribution in [0.3, 0.4) is 0 Å². The normalized spacial score (nSPS) is 11.8. The first kappa shape index (κ1) is 15.6. The number of benzene rings is 1. The Morgan fingerprint density at radius 1 is 1.38 bits per heavy atom. The minimum atomic E-state index is -3.85. The van der Waals surface area contributed by atoms with Crippen LogP contribution in [0.25, 0.3) is 0 Å². The van der Waals surface area contributed by atoms with Crippen LogP contribution in [0, 0.1) is 19.7 Å². The van der Waals surface area contributed by atoms with Crippen LogP contribution >= 0.6 is 0 Å². The molecule has 0 bridgehead atoms. The molecule has 0 aliphatic rings. The Kier molecular flexibility index (Phi) is 4.40. The van der Waals surface area contributed by atoms with Gasteiger partial charge >= 0.3 is 0 Å². The van der Waals surface area contributed by atoms with Crippen molar-refractivity contribution in [2.45, 2.75) is 31.9 Å². The fourth-order valence-corrected chi connectivity index (χ4v) is 2.91. The van der Waals surface area contributed by atoms with Crippen LogP contribution in [0.4, 0.5) is 4.39 Å². The van der Waals surface area contributed by atoms with E-state index >= 15 is 0 Å². The molecule has 0 radical (unpaired) electrons. The zero-order valence-corrected chi connectivity index (χ0v) is 12.4. The monoisotopic (exact) mass is 314 g/mol.